The lowest BCUT2D eigenvalue weighted by Gasteiger charge is -2.07. The number of nitrogens with zero attached hydrogens (tertiary/aromatic N) is 1. The molecule has 7 heteroatoms. The smallest absolute Gasteiger partial charge is 0.257 e. The highest BCUT2D eigenvalue weighted by molar-refractivity contribution is 7.15. The molecule has 0 aliphatic carbocycles. The second-order valence-corrected chi connectivity index (χ2v) is 8.46. The van der Waals surface area contributed by atoms with Gasteiger partial charge in [0.1, 0.15) is 5.75 Å². The fourth-order valence-electron chi connectivity index (χ4n) is 2.73. The van der Waals surface area contributed by atoms with Crippen LogP contribution < -0.4 is 10.1 Å². The minimum absolute atomic E-state index is 0.204. The molecule has 2 aromatic carbocycles. The zero-order chi connectivity index (χ0) is 20.6. The highest BCUT2D eigenvalue weighted by Crippen LogP contribution is 2.29. The summed E-state index contributed by atoms with van der Waals surface area (Å²) in [6.45, 7) is 2.85. The van der Waals surface area contributed by atoms with Gasteiger partial charge in [0.2, 0.25) is 0 Å². The number of hydrogen-bond acceptors (Lipinski definition) is 4. The molecule has 0 radical (unpaired) electrons. The van der Waals surface area contributed by atoms with Crippen molar-refractivity contribution in [3.8, 4) is 5.75 Å². The fraction of sp³-hybridized carbons (Fsp3) is 0.273. The van der Waals surface area contributed by atoms with Gasteiger partial charge in [-0.1, -0.05) is 55.1 Å². The molecule has 0 fully saturated rings. The standard InChI is InChI=1S/C22H22Cl2N2O2S/c1-2-3-4-12-28-17-10-8-15(9-11-17)21(27)26-22-25-14-18(29-22)13-16-6-5-7-19(23)20(16)24/h5-11,14H,2-4,12-13H2,1H3,(H,25,26,27). The van der Waals surface area contributed by atoms with Crippen LogP contribution in [0.5, 0.6) is 5.75 Å². The number of unbranched alkanes of at least 4 members (excludes halogenated alkanes) is 2. The second-order valence-electron chi connectivity index (χ2n) is 6.56. The molecule has 0 spiro atoms. The number of ether oxygens (including phenoxy) is 1. The highest BCUT2D eigenvalue weighted by Gasteiger charge is 2.11. The van der Waals surface area contributed by atoms with Gasteiger partial charge in [0.25, 0.3) is 5.91 Å². The molecule has 0 unspecified atom stereocenters. The van der Waals surface area contributed by atoms with Crippen LogP contribution in [0.4, 0.5) is 5.13 Å². The average Bonchev–Trinajstić information content (AvgIpc) is 3.16. The first-order chi connectivity index (χ1) is 14.1. The first-order valence-corrected chi connectivity index (χ1v) is 11.1. The minimum Gasteiger partial charge on any atom is -0.494 e. The van der Waals surface area contributed by atoms with Gasteiger partial charge in [-0.15, -0.1) is 11.3 Å². The van der Waals surface area contributed by atoms with Crippen molar-refractivity contribution in [1.82, 2.24) is 4.98 Å². The number of halogens is 2. The topological polar surface area (TPSA) is 51.2 Å². The number of rotatable bonds is 9. The summed E-state index contributed by atoms with van der Waals surface area (Å²) in [5.41, 5.74) is 1.48. The Hall–Kier alpha value is -2.08. The van der Waals surface area contributed by atoms with E-state index in [1.54, 1.807) is 24.4 Å². The SMILES string of the molecule is CCCCCOc1ccc(C(=O)Nc2ncc(Cc3cccc(Cl)c3Cl)s2)cc1. The Labute approximate surface area is 184 Å². The molecule has 3 rings (SSSR count). The summed E-state index contributed by atoms with van der Waals surface area (Å²) >= 11 is 13.7. The first kappa shape index (κ1) is 21.6. The van der Waals surface area contributed by atoms with Gasteiger partial charge in [-0.3, -0.25) is 10.1 Å². The maximum absolute atomic E-state index is 12.5. The molecule has 29 heavy (non-hydrogen) atoms. The largest absolute Gasteiger partial charge is 0.494 e. The van der Waals surface area contributed by atoms with Crippen LogP contribution in [-0.4, -0.2) is 17.5 Å². The van der Waals surface area contributed by atoms with E-state index in [0.717, 1.165) is 35.5 Å². The molecule has 0 aliphatic rings. The summed E-state index contributed by atoms with van der Waals surface area (Å²) < 4.78 is 5.68. The number of amides is 1. The van der Waals surface area contributed by atoms with Crippen molar-refractivity contribution >= 4 is 45.6 Å². The third-order valence-corrected chi connectivity index (χ3v) is 6.07. The van der Waals surface area contributed by atoms with Crippen LogP contribution in [0.2, 0.25) is 10.0 Å². The van der Waals surface area contributed by atoms with E-state index in [9.17, 15) is 4.79 Å². The molecule has 4 nitrogen and oxygen atoms in total. The van der Waals surface area contributed by atoms with Crippen molar-refractivity contribution in [2.45, 2.75) is 32.6 Å². The Morgan fingerprint density at radius 1 is 1.14 bits per heavy atom. The van der Waals surface area contributed by atoms with E-state index in [-0.39, 0.29) is 5.91 Å². The first-order valence-electron chi connectivity index (χ1n) is 9.48. The summed E-state index contributed by atoms with van der Waals surface area (Å²) in [5.74, 6) is 0.566. The highest BCUT2D eigenvalue weighted by atomic mass is 35.5. The lowest BCUT2D eigenvalue weighted by molar-refractivity contribution is 0.102. The predicted octanol–water partition coefficient (Wildman–Crippen LogP) is 6.86. The van der Waals surface area contributed by atoms with Crippen molar-refractivity contribution in [1.29, 1.82) is 0 Å². The van der Waals surface area contributed by atoms with Crippen LogP contribution in [0, 0.1) is 0 Å². The predicted molar refractivity (Wildman–Crippen MR) is 121 cm³/mol. The Morgan fingerprint density at radius 2 is 1.93 bits per heavy atom. The van der Waals surface area contributed by atoms with Gasteiger partial charge in [-0.2, -0.15) is 0 Å². The fourth-order valence-corrected chi connectivity index (χ4v) is 3.95. The van der Waals surface area contributed by atoms with Crippen LogP contribution >= 0.6 is 34.5 Å². The maximum Gasteiger partial charge on any atom is 0.257 e. The number of thiazole rings is 1. The van der Waals surface area contributed by atoms with E-state index in [4.69, 9.17) is 27.9 Å². The van der Waals surface area contributed by atoms with E-state index in [0.29, 0.717) is 33.8 Å². The molecular weight excluding hydrogens is 427 g/mol. The molecule has 1 amide bonds. The van der Waals surface area contributed by atoms with Gasteiger partial charge in [-0.25, -0.2) is 4.98 Å². The van der Waals surface area contributed by atoms with Gasteiger partial charge in [0, 0.05) is 23.1 Å². The van der Waals surface area contributed by atoms with E-state index < -0.39 is 0 Å². The molecule has 1 heterocycles. The third-order valence-electron chi connectivity index (χ3n) is 4.30. The van der Waals surface area contributed by atoms with Crippen LogP contribution in [0.25, 0.3) is 0 Å². The molecule has 1 aromatic heterocycles. The van der Waals surface area contributed by atoms with E-state index in [1.165, 1.54) is 11.3 Å². The van der Waals surface area contributed by atoms with Crippen LogP contribution in [0.15, 0.2) is 48.7 Å². The number of nitrogens with one attached hydrogen (secondary N) is 1. The molecule has 0 atom stereocenters. The van der Waals surface area contributed by atoms with Gasteiger partial charge in [0.15, 0.2) is 5.13 Å². The normalized spacial score (nSPS) is 10.7. The Morgan fingerprint density at radius 3 is 2.69 bits per heavy atom. The molecule has 1 N–H and O–H groups in total. The Kier molecular flexibility index (Phi) is 7.92. The average molecular weight is 449 g/mol. The maximum atomic E-state index is 12.5. The zero-order valence-corrected chi connectivity index (χ0v) is 18.4. The van der Waals surface area contributed by atoms with E-state index in [2.05, 4.69) is 17.2 Å². The summed E-state index contributed by atoms with van der Waals surface area (Å²) in [6, 6.07) is 12.7. The van der Waals surface area contributed by atoms with Crippen molar-refractivity contribution in [3.63, 3.8) is 0 Å². The van der Waals surface area contributed by atoms with Crippen molar-refractivity contribution in [3.05, 3.63) is 74.7 Å². The summed E-state index contributed by atoms with van der Waals surface area (Å²) in [6.07, 6.45) is 5.69. The van der Waals surface area contributed by atoms with E-state index in [1.807, 2.05) is 24.3 Å². The Bertz CT molecular complexity index is 958. The number of carbonyl (C=O) groups is 1. The molecule has 0 bridgehead atoms. The lowest BCUT2D eigenvalue weighted by atomic mass is 10.1. The van der Waals surface area contributed by atoms with Gasteiger partial charge in [0.05, 0.1) is 16.7 Å². The molecule has 0 saturated carbocycles. The number of carbonyl (C=O) groups excluding carboxylic acids is 1. The molecule has 152 valence electrons. The minimum atomic E-state index is -0.204. The number of anilines is 1. The number of hydrogen-bond donors (Lipinski definition) is 1. The van der Waals surface area contributed by atoms with Crippen molar-refractivity contribution < 1.29 is 9.53 Å². The van der Waals surface area contributed by atoms with Gasteiger partial charge in [-0.05, 0) is 42.3 Å². The Balaban J connectivity index is 1.56. The third kappa shape index (κ3) is 6.20. The van der Waals surface area contributed by atoms with Crippen LogP contribution in [0.3, 0.4) is 0 Å². The number of aromatic nitrogens is 1. The van der Waals surface area contributed by atoms with Crippen LogP contribution in [-0.2, 0) is 6.42 Å². The van der Waals surface area contributed by atoms with Crippen molar-refractivity contribution in [2.24, 2.45) is 0 Å². The zero-order valence-electron chi connectivity index (χ0n) is 16.1. The second kappa shape index (κ2) is 10.6. The monoisotopic (exact) mass is 448 g/mol. The van der Waals surface area contributed by atoms with E-state index >= 15 is 0 Å². The molecule has 0 aliphatic heterocycles. The van der Waals surface area contributed by atoms with Gasteiger partial charge >= 0.3 is 0 Å². The summed E-state index contributed by atoms with van der Waals surface area (Å²) in [4.78, 5) is 17.7. The molecule has 0 saturated heterocycles. The lowest BCUT2D eigenvalue weighted by Crippen LogP contribution is -2.11. The summed E-state index contributed by atoms with van der Waals surface area (Å²) in [5, 5.41) is 4.46. The summed E-state index contributed by atoms with van der Waals surface area (Å²) in [7, 11) is 0. The number of benzene rings is 2. The van der Waals surface area contributed by atoms with Crippen LogP contribution in [0.1, 0.15) is 47.0 Å². The van der Waals surface area contributed by atoms with Crippen molar-refractivity contribution in [2.75, 3.05) is 11.9 Å². The van der Waals surface area contributed by atoms with Gasteiger partial charge < -0.3 is 4.74 Å². The quantitative estimate of drug-likeness (QED) is 0.363. The molecule has 3 aromatic rings. The molecular formula is C22H22Cl2N2O2S.